The van der Waals surface area contributed by atoms with Crippen molar-refractivity contribution in [2.75, 3.05) is 5.32 Å². The smallest absolute Gasteiger partial charge is 0.191 e. The van der Waals surface area contributed by atoms with E-state index in [1.807, 2.05) is 54.6 Å². The molecule has 0 atom stereocenters. The fourth-order valence-corrected chi connectivity index (χ4v) is 2.50. The van der Waals surface area contributed by atoms with Gasteiger partial charge in [-0.2, -0.15) is 5.10 Å². The molecule has 2 N–H and O–H groups in total. The van der Waals surface area contributed by atoms with E-state index in [1.165, 1.54) is 6.07 Å². The molecule has 0 radical (unpaired) electrons. The van der Waals surface area contributed by atoms with E-state index in [1.54, 1.807) is 24.4 Å². The lowest BCUT2D eigenvalue weighted by atomic mass is 10.2. The Kier molecular flexibility index (Phi) is 6.49. The molecular formula is C21H18FN3OS. The van der Waals surface area contributed by atoms with Gasteiger partial charge in [0.05, 0.1) is 6.21 Å². The molecule has 0 fully saturated rings. The van der Waals surface area contributed by atoms with Gasteiger partial charge in [0.15, 0.2) is 5.11 Å². The highest BCUT2D eigenvalue weighted by Crippen LogP contribution is 2.18. The third-order valence-corrected chi connectivity index (χ3v) is 3.85. The third-order valence-electron chi connectivity index (χ3n) is 3.66. The van der Waals surface area contributed by atoms with E-state index in [4.69, 9.17) is 17.0 Å². The predicted molar refractivity (Wildman–Crippen MR) is 111 cm³/mol. The quantitative estimate of drug-likeness (QED) is 0.369. The third kappa shape index (κ3) is 5.62. The van der Waals surface area contributed by atoms with E-state index < -0.39 is 0 Å². The van der Waals surface area contributed by atoms with Gasteiger partial charge in [0, 0.05) is 16.8 Å². The Hall–Kier alpha value is -3.25. The molecule has 27 heavy (non-hydrogen) atoms. The zero-order chi connectivity index (χ0) is 18.9. The minimum atomic E-state index is -0.289. The first-order chi connectivity index (χ1) is 13.2. The number of para-hydroxylation sites is 2. The number of thiocarbonyl (C=S) groups is 1. The van der Waals surface area contributed by atoms with Crippen molar-refractivity contribution >= 4 is 29.2 Å². The average molecular weight is 379 g/mol. The van der Waals surface area contributed by atoms with Crippen molar-refractivity contribution in [2.45, 2.75) is 6.61 Å². The van der Waals surface area contributed by atoms with Crippen LogP contribution in [0.5, 0.6) is 5.75 Å². The van der Waals surface area contributed by atoms with Gasteiger partial charge in [-0.3, -0.25) is 5.43 Å². The zero-order valence-corrected chi connectivity index (χ0v) is 15.2. The lowest BCUT2D eigenvalue weighted by Gasteiger charge is -2.10. The number of anilines is 1. The van der Waals surface area contributed by atoms with E-state index in [2.05, 4.69) is 15.8 Å². The molecule has 3 aromatic rings. The first kappa shape index (κ1) is 18.5. The Balaban J connectivity index is 1.59. The molecule has 0 aliphatic carbocycles. The van der Waals surface area contributed by atoms with Crippen molar-refractivity contribution in [2.24, 2.45) is 5.10 Å². The van der Waals surface area contributed by atoms with Gasteiger partial charge in [0.2, 0.25) is 0 Å². The minimum absolute atomic E-state index is 0.138. The maximum atomic E-state index is 13.7. The highest BCUT2D eigenvalue weighted by molar-refractivity contribution is 7.80. The monoisotopic (exact) mass is 379 g/mol. The molecule has 0 amide bonds. The van der Waals surface area contributed by atoms with E-state index >= 15 is 0 Å². The maximum absolute atomic E-state index is 13.7. The zero-order valence-electron chi connectivity index (χ0n) is 14.4. The number of nitrogens with zero attached hydrogens (tertiary/aromatic N) is 1. The second-order valence-corrected chi connectivity index (χ2v) is 6.02. The maximum Gasteiger partial charge on any atom is 0.191 e. The summed E-state index contributed by atoms with van der Waals surface area (Å²) in [5.41, 5.74) is 4.89. The van der Waals surface area contributed by atoms with E-state index in [-0.39, 0.29) is 12.4 Å². The Morgan fingerprint density at radius 2 is 1.67 bits per heavy atom. The van der Waals surface area contributed by atoms with Crippen molar-refractivity contribution in [1.29, 1.82) is 0 Å². The molecule has 0 aromatic heterocycles. The molecule has 0 aliphatic heterocycles. The first-order valence-electron chi connectivity index (χ1n) is 8.33. The fraction of sp³-hybridized carbons (Fsp3) is 0.0476. The summed E-state index contributed by atoms with van der Waals surface area (Å²) in [5, 5.41) is 7.54. The second-order valence-electron chi connectivity index (χ2n) is 5.61. The summed E-state index contributed by atoms with van der Waals surface area (Å²) in [6.07, 6.45) is 1.61. The highest BCUT2D eigenvalue weighted by Gasteiger charge is 2.04. The van der Waals surface area contributed by atoms with Crippen molar-refractivity contribution in [1.82, 2.24) is 5.43 Å². The number of hydrogen-bond acceptors (Lipinski definition) is 3. The van der Waals surface area contributed by atoms with Gasteiger partial charge in [-0.15, -0.1) is 0 Å². The molecule has 0 unspecified atom stereocenters. The van der Waals surface area contributed by atoms with Crippen molar-refractivity contribution in [3.63, 3.8) is 0 Å². The van der Waals surface area contributed by atoms with Crippen molar-refractivity contribution in [3.8, 4) is 5.75 Å². The summed E-state index contributed by atoms with van der Waals surface area (Å²) in [7, 11) is 0. The van der Waals surface area contributed by atoms with Crippen LogP contribution in [0.1, 0.15) is 11.1 Å². The van der Waals surface area contributed by atoms with Crippen molar-refractivity contribution < 1.29 is 9.13 Å². The van der Waals surface area contributed by atoms with Crippen LogP contribution < -0.4 is 15.5 Å². The molecule has 3 rings (SSSR count). The number of ether oxygens (including phenoxy) is 1. The molecule has 4 nitrogen and oxygen atoms in total. The van der Waals surface area contributed by atoms with Gasteiger partial charge >= 0.3 is 0 Å². The molecule has 0 aliphatic rings. The SMILES string of the molecule is Fc1ccccc1COc1ccccc1/C=N/NC(=S)Nc1ccccc1. The number of rotatable bonds is 6. The van der Waals surface area contributed by atoms with Crippen molar-refractivity contribution in [3.05, 3.63) is 95.8 Å². The summed E-state index contributed by atoms with van der Waals surface area (Å²) in [5.74, 6) is 0.316. The number of hydrogen-bond donors (Lipinski definition) is 2. The summed E-state index contributed by atoms with van der Waals surface area (Å²) in [6.45, 7) is 0.138. The molecule has 6 heteroatoms. The van der Waals surface area contributed by atoms with Gasteiger partial charge in [0.1, 0.15) is 18.2 Å². The van der Waals surface area contributed by atoms with Crippen LogP contribution in [0.15, 0.2) is 84.0 Å². The Bertz CT molecular complexity index is 931. The van der Waals surface area contributed by atoms with E-state index in [0.717, 1.165) is 11.3 Å². The Morgan fingerprint density at radius 1 is 0.963 bits per heavy atom. The average Bonchev–Trinajstić information content (AvgIpc) is 2.69. The van der Waals surface area contributed by atoms with Gasteiger partial charge < -0.3 is 10.1 Å². The number of halogens is 1. The first-order valence-corrected chi connectivity index (χ1v) is 8.73. The summed E-state index contributed by atoms with van der Waals surface area (Å²) in [4.78, 5) is 0. The largest absolute Gasteiger partial charge is 0.488 e. The van der Waals surface area contributed by atoms with Crippen LogP contribution in [0, 0.1) is 5.82 Å². The van der Waals surface area contributed by atoms with Crippen LogP contribution in [-0.2, 0) is 6.61 Å². The normalized spacial score (nSPS) is 10.6. The molecule has 0 spiro atoms. The molecule has 0 saturated carbocycles. The van der Waals surface area contributed by atoms with Crippen LogP contribution in [-0.4, -0.2) is 11.3 Å². The van der Waals surface area contributed by atoms with Gasteiger partial charge in [-0.05, 0) is 42.5 Å². The van der Waals surface area contributed by atoms with Gasteiger partial charge in [0.25, 0.3) is 0 Å². The molecule has 3 aromatic carbocycles. The van der Waals surface area contributed by atoms with Crippen LogP contribution in [0.4, 0.5) is 10.1 Å². The lowest BCUT2D eigenvalue weighted by Crippen LogP contribution is -2.23. The van der Waals surface area contributed by atoms with Crippen LogP contribution in [0.2, 0.25) is 0 Å². The molecule has 0 saturated heterocycles. The standard InChI is InChI=1S/C21H18FN3OS/c22-19-12-6-4-9-17(19)15-26-20-13-7-5-8-16(20)14-23-25-21(27)24-18-10-2-1-3-11-18/h1-14H,15H2,(H2,24,25,27)/b23-14+. The van der Waals surface area contributed by atoms with E-state index in [9.17, 15) is 4.39 Å². The minimum Gasteiger partial charge on any atom is -0.488 e. The second kappa shape index (κ2) is 9.45. The topological polar surface area (TPSA) is 45.6 Å². The van der Waals surface area contributed by atoms with Crippen LogP contribution in [0.25, 0.3) is 0 Å². The number of nitrogens with one attached hydrogen (secondary N) is 2. The Morgan fingerprint density at radius 3 is 2.48 bits per heavy atom. The fourth-order valence-electron chi connectivity index (χ4n) is 2.33. The van der Waals surface area contributed by atoms with Gasteiger partial charge in [-0.25, -0.2) is 4.39 Å². The van der Waals surface area contributed by atoms with Gasteiger partial charge in [-0.1, -0.05) is 48.5 Å². The molecule has 136 valence electrons. The molecular weight excluding hydrogens is 361 g/mol. The summed E-state index contributed by atoms with van der Waals surface area (Å²) in [6, 6.07) is 23.5. The number of hydrazone groups is 1. The molecule has 0 bridgehead atoms. The highest BCUT2D eigenvalue weighted by atomic mass is 32.1. The lowest BCUT2D eigenvalue weighted by molar-refractivity contribution is 0.299. The van der Waals surface area contributed by atoms with Crippen LogP contribution >= 0.6 is 12.2 Å². The molecule has 0 heterocycles. The van der Waals surface area contributed by atoms with Crippen LogP contribution in [0.3, 0.4) is 0 Å². The van der Waals surface area contributed by atoms with E-state index in [0.29, 0.717) is 16.4 Å². The summed E-state index contributed by atoms with van der Waals surface area (Å²) < 4.78 is 19.5. The summed E-state index contributed by atoms with van der Waals surface area (Å²) >= 11 is 5.20. The number of benzene rings is 3. The Labute approximate surface area is 162 Å². The predicted octanol–water partition coefficient (Wildman–Crippen LogP) is 4.73.